The third kappa shape index (κ3) is 2.93. The molecule has 0 aromatic heterocycles. The van der Waals surface area contributed by atoms with Crippen LogP contribution in [0.2, 0.25) is 0 Å². The molecule has 0 radical (unpaired) electrons. The molecule has 2 aromatic carbocycles. The van der Waals surface area contributed by atoms with Gasteiger partial charge in [-0.25, -0.2) is 4.39 Å². The molecule has 0 fully saturated rings. The van der Waals surface area contributed by atoms with Crippen molar-refractivity contribution in [1.82, 2.24) is 0 Å². The van der Waals surface area contributed by atoms with E-state index in [1.165, 1.54) is 6.07 Å². The van der Waals surface area contributed by atoms with Crippen LogP contribution in [0.25, 0.3) is 0 Å². The number of anilines is 2. The SMILES string of the molecule is Cc1cc(C)cc(N(C)c2ccc(CO)cc2F)c1. The van der Waals surface area contributed by atoms with E-state index in [1.54, 1.807) is 12.1 Å². The third-order valence-electron chi connectivity index (χ3n) is 3.15. The smallest absolute Gasteiger partial charge is 0.147 e. The average Bonchev–Trinajstić information content (AvgIpc) is 2.36. The largest absolute Gasteiger partial charge is 0.392 e. The van der Waals surface area contributed by atoms with Crippen LogP contribution in [0.5, 0.6) is 0 Å². The molecule has 0 aliphatic heterocycles. The van der Waals surface area contributed by atoms with Gasteiger partial charge in [0.05, 0.1) is 12.3 Å². The highest BCUT2D eigenvalue weighted by atomic mass is 19.1. The van der Waals surface area contributed by atoms with Gasteiger partial charge in [0.15, 0.2) is 0 Å². The Hall–Kier alpha value is -1.87. The first-order valence-electron chi connectivity index (χ1n) is 6.22. The van der Waals surface area contributed by atoms with Crippen molar-refractivity contribution in [2.75, 3.05) is 11.9 Å². The second-order valence-corrected chi connectivity index (χ2v) is 4.85. The fraction of sp³-hybridized carbons (Fsp3) is 0.250. The molecule has 0 heterocycles. The van der Waals surface area contributed by atoms with E-state index >= 15 is 0 Å². The van der Waals surface area contributed by atoms with E-state index in [-0.39, 0.29) is 12.4 Å². The summed E-state index contributed by atoms with van der Waals surface area (Å²) in [6, 6.07) is 10.9. The van der Waals surface area contributed by atoms with Gasteiger partial charge in [-0.15, -0.1) is 0 Å². The van der Waals surface area contributed by atoms with Gasteiger partial charge >= 0.3 is 0 Å². The average molecular weight is 259 g/mol. The lowest BCUT2D eigenvalue weighted by molar-refractivity contribution is 0.281. The number of nitrogens with zero attached hydrogens (tertiary/aromatic N) is 1. The van der Waals surface area contributed by atoms with Gasteiger partial charge in [0, 0.05) is 12.7 Å². The number of rotatable bonds is 3. The summed E-state index contributed by atoms with van der Waals surface area (Å²) < 4.78 is 14.0. The van der Waals surface area contributed by atoms with Crippen molar-refractivity contribution in [1.29, 1.82) is 0 Å². The molecule has 2 aromatic rings. The van der Waals surface area contributed by atoms with Crippen LogP contribution in [-0.2, 0) is 6.61 Å². The number of hydrogen-bond acceptors (Lipinski definition) is 2. The number of aliphatic hydroxyl groups excluding tert-OH is 1. The molecule has 0 bridgehead atoms. The number of benzene rings is 2. The Balaban J connectivity index is 2.40. The molecule has 0 atom stereocenters. The predicted molar refractivity (Wildman–Crippen MR) is 76.3 cm³/mol. The molecule has 0 aliphatic rings. The highest BCUT2D eigenvalue weighted by molar-refractivity contribution is 5.64. The van der Waals surface area contributed by atoms with Gasteiger partial charge in [-0.1, -0.05) is 12.1 Å². The maximum absolute atomic E-state index is 14.0. The third-order valence-corrected chi connectivity index (χ3v) is 3.15. The van der Waals surface area contributed by atoms with Crippen molar-refractivity contribution in [2.24, 2.45) is 0 Å². The number of halogens is 1. The molecule has 2 rings (SSSR count). The standard InChI is InChI=1S/C16H18FNO/c1-11-6-12(2)8-14(7-11)18(3)16-5-4-13(10-19)9-15(16)17/h4-9,19H,10H2,1-3H3. The molecule has 100 valence electrons. The van der Waals surface area contributed by atoms with Crippen molar-refractivity contribution < 1.29 is 9.50 Å². The molecule has 0 unspecified atom stereocenters. The van der Waals surface area contributed by atoms with Gasteiger partial charge in [0.2, 0.25) is 0 Å². The van der Waals surface area contributed by atoms with E-state index in [2.05, 4.69) is 6.07 Å². The predicted octanol–water partition coefficient (Wildman–Crippen LogP) is 3.70. The summed E-state index contributed by atoms with van der Waals surface area (Å²) in [5, 5.41) is 9.00. The minimum Gasteiger partial charge on any atom is -0.392 e. The highest BCUT2D eigenvalue weighted by Gasteiger charge is 2.10. The second kappa shape index (κ2) is 5.41. The van der Waals surface area contributed by atoms with Crippen molar-refractivity contribution in [3.05, 3.63) is 58.9 Å². The van der Waals surface area contributed by atoms with Gasteiger partial charge in [0.25, 0.3) is 0 Å². The summed E-state index contributed by atoms with van der Waals surface area (Å²) >= 11 is 0. The van der Waals surface area contributed by atoms with E-state index in [4.69, 9.17) is 5.11 Å². The lowest BCUT2D eigenvalue weighted by Gasteiger charge is -2.21. The lowest BCUT2D eigenvalue weighted by atomic mass is 10.1. The van der Waals surface area contributed by atoms with Gasteiger partial charge in [-0.05, 0) is 54.8 Å². The first-order valence-corrected chi connectivity index (χ1v) is 6.22. The molecule has 0 aliphatic carbocycles. The topological polar surface area (TPSA) is 23.5 Å². The van der Waals surface area contributed by atoms with Crippen LogP contribution in [0.1, 0.15) is 16.7 Å². The van der Waals surface area contributed by atoms with Crippen LogP contribution < -0.4 is 4.90 Å². The summed E-state index contributed by atoms with van der Waals surface area (Å²) in [5.41, 5.74) is 4.33. The van der Waals surface area contributed by atoms with Crippen LogP contribution in [0.4, 0.5) is 15.8 Å². The van der Waals surface area contributed by atoms with E-state index in [0.717, 1.165) is 16.8 Å². The van der Waals surface area contributed by atoms with Gasteiger partial charge in [-0.3, -0.25) is 0 Å². The van der Waals surface area contributed by atoms with E-state index in [1.807, 2.05) is 37.9 Å². The van der Waals surface area contributed by atoms with Crippen LogP contribution in [0, 0.1) is 19.7 Å². The van der Waals surface area contributed by atoms with Crippen molar-refractivity contribution in [2.45, 2.75) is 20.5 Å². The molecular formula is C16H18FNO. The molecule has 0 saturated heterocycles. The fourth-order valence-electron chi connectivity index (χ4n) is 2.20. The number of hydrogen-bond donors (Lipinski definition) is 1. The first-order chi connectivity index (χ1) is 9.01. The Bertz CT molecular complexity index is 575. The fourth-order valence-corrected chi connectivity index (χ4v) is 2.20. The van der Waals surface area contributed by atoms with Crippen LogP contribution in [0.15, 0.2) is 36.4 Å². The molecule has 2 nitrogen and oxygen atoms in total. The van der Waals surface area contributed by atoms with Crippen LogP contribution >= 0.6 is 0 Å². The Morgan fingerprint density at radius 2 is 1.68 bits per heavy atom. The molecule has 0 spiro atoms. The molecule has 3 heteroatoms. The molecule has 1 N–H and O–H groups in total. The van der Waals surface area contributed by atoms with Crippen molar-refractivity contribution in [3.63, 3.8) is 0 Å². The summed E-state index contributed by atoms with van der Waals surface area (Å²) in [7, 11) is 1.84. The van der Waals surface area contributed by atoms with Gasteiger partial charge in [-0.2, -0.15) is 0 Å². The number of aliphatic hydroxyl groups is 1. The zero-order valence-corrected chi connectivity index (χ0v) is 11.4. The quantitative estimate of drug-likeness (QED) is 0.908. The van der Waals surface area contributed by atoms with Crippen LogP contribution in [0.3, 0.4) is 0 Å². The van der Waals surface area contributed by atoms with E-state index < -0.39 is 0 Å². The summed E-state index contributed by atoms with van der Waals surface area (Å²) in [4.78, 5) is 1.82. The summed E-state index contributed by atoms with van der Waals surface area (Å²) in [6.07, 6.45) is 0. The summed E-state index contributed by atoms with van der Waals surface area (Å²) in [5.74, 6) is -0.326. The lowest BCUT2D eigenvalue weighted by Crippen LogP contribution is -2.12. The zero-order valence-electron chi connectivity index (χ0n) is 11.4. The van der Waals surface area contributed by atoms with Crippen LogP contribution in [-0.4, -0.2) is 12.2 Å². The zero-order chi connectivity index (χ0) is 14.0. The van der Waals surface area contributed by atoms with Gasteiger partial charge < -0.3 is 10.0 Å². The maximum atomic E-state index is 14.0. The van der Waals surface area contributed by atoms with E-state index in [9.17, 15) is 4.39 Å². The minimum absolute atomic E-state index is 0.148. The monoisotopic (exact) mass is 259 g/mol. The molecule has 19 heavy (non-hydrogen) atoms. The Kier molecular flexibility index (Phi) is 3.86. The highest BCUT2D eigenvalue weighted by Crippen LogP contribution is 2.28. The van der Waals surface area contributed by atoms with Crippen molar-refractivity contribution in [3.8, 4) is 0 Å². The first kappa shape index (κ1) is 13.6. The number of aryl methyl sites for hydroxylation is 2. The maximum Gasteiger partial charge on any atom is 0.147 e. The Labute approximate surface area is 113 Å². The molecule has 0 amide bonds. The summed E-state index contributed by atoms with van der Waals surface area (Å²) in [6.45, 7) is 3.90. The Morgan fingerprint density at radius 1 is 1.05 bits per heavy atom. The second-order valence-electron chi connectivity index (χ2n) is 4.85. The Morgan fingerprint density at radius 3 is 2.21 bits per heavy atom. The van der Waals surface area contributed by atoms with E-state index in [0.29, 0.717) is 11.3 Å². The molecule has 0 saturated carbocycles. The van der Waals surface area contributed by atoms with Gasteiger partial charge in [0.1, 0.15) is 5.82 Å². The molecular weight excluding hydrogens is 241 g/mol. The van der Waals surface area contributed by atoms with Crippen molar-refractivity contribution >= 4 is 11.4 Å². The minimum atomic E-state index is -0.326. The normalized spacial score (nSPS) is 10.6.